The summed E-state index contributed by atoms with van der Waals surface area (Å²) in [6.07, 6.45) is 1.47. The monoisotopic (exact) mass is 292 g/mol. The third kappa shape index (κ3) is 3.32. The van der Waals surface area contributed by atoms with Crippen molar-refractivity contribution in [1.29, 1.82) is 0 Å². The summed E-state index contributed by atoms with van der Waals surface area (Å²) in [6.45, 7) is 2.18. The van der Waals surface area contributed by atoms with Gasteiger partial charge in [-0.2, -0.15) is 0 Å². The zero-order chi connectivity index (χ0) is 14.6. The van der Waals surface area contributed by atoms with Crippen LogP contribution in [0.1, 0.15) is 11.1 Å². The average molecular weight is 292 g/mol. The van der Waals surface area contributed by atoms with E-state index in [-0.39, 0.29) is 17.3 Å². The molecular formula is C13H16N4O2S. The number of rotatable bonds is 5. The summed E-state index contributed by atoms with van der Waals surface area (Å²) in [5.41, 5.74) is 4.28. The second-order valence-electron chi connectivity index (χ2n) is 4.30. The minimum Gasteiger partial charge on any atom is -0.307 e. The lowest BCUT2D eigenvalue weighted by Crippen LogP contribution is -2.25. The van der Waals surface area contributed by atoms with Crippen molar-refractivity contribution in [2.24, 2.45) is 5.84 Å². The number of nitrogens with two attached hydrogens (primary N) is 1. The van der Waals surface area contributed by atoms with Crippen molar-refractivity contribution in [2.45, 2.75) is 18.4 Å². The van der Waals surface area contributed by atoms with E-state index in [9.17, 15) is 8.42 Å². The van der Waals surface area contributed by atoms with Crippen LogP contribution in [0, 0.1) is 6.92 Å². The molecule has 1 heterocycles. The summed E-state index contributed by atoms with van der Waals surface area (Å²) >= 11 is 0. The molecule has 0 fully saturated rings. The highest BCUT2D eigenvalue weighted by molar-refractivity contribution is 7.89. The number of benzene rings is 1. The predicted molar refractivity (Wildman–Crippen MR) is 77.3 cm³/mol. The first-order valence-corrected chi connectivity index (χ1v) is 7.48. The highest BCUT2D eigenvalue weighted by atomic mass is 32.2. The Bertz CT molecular complexity index is 684. The van der Waals surface area contributed by atoms with Gasteiger partial charge in [0.25, 0.3) is 0 Å². The topological polar surface area (TPSA) is 97.1 Å². The van der Waals surface area contributed by atoms with Crippen molar-refractivity contribution in [3.8, 4) is 0 Å². The number of hydrazine groups is 1. The first kappa shape index (κ1) is 14.4. The molecule has 0 amide bonds. The SMILES string of the molecule is Cc1ccc(CNS(=O)(=O)c2cccnc2NN)cc1. The van der Waals surface area contributed by atoms with Crippen LogP contribution in [0.15, 0.2) is 47.5 Å². The van der Waals surface area contributed by atoms with Gasteiger partial charge < -0.3 is 5.43 Å². The number of aromatic nitrogens is 1. The van der Waals surface area contributed by atoms with Crippen LogP contribution < -0.4 is 16.0 Å². The average Bonchev–Trinajstić information content (AvgIpc) is 2.46. The van der Waals surface area contributed by atoms with Crippen LogP contribution >= 0.6 is 0 Å². The molecule has 4 N–H and O–H groups in total. The number of aryl methyl sites for hydroxylation is 1. The largest absolute Gasteiger partial charge is 0.307 e. The van der Waals surface area contributed by atoms with Gasteiger partial charge in [0.1, 0.15) is 4.90 Å². The van der Waals surface area contributed by atoms with Gasteiger partial charge in [0.05, 0.1) is 0 Å². The highest BCUT2D eigenvalue weighted by Crippen LogP contribution is 2.17. The van der Waals surface area contributed by atoms with Crippen molar-refractivity contribution in [3.63, 3.8) is 0 Å². The van der Waals surface area contributed by atoms with Crippen LogP contribution in [0.25, 0.3) is 0 Å². The molecule has 0 unspecified atom stereocenters. The number of hydrogen-bond acceptors (Lipinski definition) is 5. The number of nitrogens with zero attached hydrogens (tertiary/aromatic N) is 1. The van der Waals surface area contributed by atoms with Gasteiger partial charge in [-0.3, -0.25) is 0 Å². The second kappa shape index (κ2) is 6.00. The molecule has 0 bridgehead atoms. The molecule has 0 aliphatic heterocycles. The molecule has 0 aliphatic carbocycles. The van der Waals surface area contributed by atoms with E-state index in [4.69, 9.17) is 5.84 Å². The third-order valence-electron chi connectivity index (χ3n) is 2.78. The Labute approximate surface area is 118 Å². The van der Waals surface area contributed by atoms with Crippen molar-refractivity contribution in [2.75, 3.05) is 5.43 Å². The summed E-state index contributed by atoms with van der Waals surface area (Å²) in [5.74, 6) is 5.38. The molecule has 7 heteroatoms. The van der Waals surface area contributed by atoms with Crippen LogP contribution in [0.2, 0.25) is 0 Å². The predicted octanol–water partition coefficient (Wildman–Crippen LogP) is 1.15. The van der Waals surface area contributed by atoms with E-state index in [2.05, 4.69) is 15.1 Å². The van der Waals surface area contributed by atoms with E-state index < -0.39 is 10.0 Å². The van der Waals surface area contributed by atoms with E-state index in [0.717, 1.165) is 11.1 Å². The fourth-order valence-corrected chi connectivity index (χ4v) is 2.81. The molecule has 106 valence electrons. The molecule has 0 spiro atoms. The van der Waals surface area contributed by atoms with Crippen LogP contribution in [0.5, 0.6) is 0 Å². The summed E-state index contributed by atoms with van der Waals surface area (Å²) in [6, 6.07) is 10.6. The van der Waals surface area contributed by atoms with E-state index in [1.807, 2.05) is 31.2 Å². The summed E-state index contributed by atoms with van der Waals surface area (Å²) in [4.78, 5) is 3.90. The number of anilines is 1. The van der Waals surface area contributed by atoms with E-state index in [1.165, 1.54) is 12.3 Å². The standard InChI is InChI=1S/C13H16N4O2S/c1-10-4-6-11(7-5-10)9-16-20(18,19)12-3-2-8-15-13(12)17-14/h2-8,16H,9,14H2,1H3,(H,15,17). The molecule has 20 heavy (non-hydrogen) atoms. The Balaban J connectivity index is 2.17. The summed E-state index contributed by atoms with van der Waals surface area (Å²) < 4.78 is 26.9. The Kier molecular flexibility index (Phi) is 4.33. The Morgan fingerprint density at radius 1 is 1.20 bits per heavy atom. The van der Waals surface area contributed by atoms with Gasteiger partial charge in [-0.15, -0.1) is 0 Å². The fourth-order valence-electron chi connectivity index (χ4n) is 1.68. The molecule has 2 aromatic rings. The molecule has 0 saturated carbocycles. The van der Waals surface area contributed by atoms with Crippen molar-refractivity contribution >= 4 is 15.8 Å². The Morgan fingerprint density at radius 2 is 1.90 bits per heavy atom. The van der Waals surface area contributed by atoms with Crippen molar-refractivity contribution in [3.05, 3.63) is 53.7 Å². The van der Waals surface area contributed by atoms with Crippen LogP contribution in [0.4, 0.5) is 5.82 Å². The number of pyridine rings is 1. The minimum atomic E-state index is -3.67. The van der Waals surface area contributed by atoms with E-state index >= 15 is 0 Å². The quantitative estimate of drug-likeness (QED) is 0.567. The molecule has 0 atom stereocenters. The summed E-state index contributed by atoms with van der Waals surface area (Å²) in [5, 5.41) is 0. The Morgan fingerprint density at radius 3 is 2.55 bits per heavy atom. The maximum absolute atomic E-state index is 12.2. The Hall–Kier alpha value is -1.96. The summed E-state index contributed by atoms with van der Waals surface area (Å²) in [7, 11) is -3.67. The maximum atomic E-state index is 12.2. The molecule has 0 saturated heterocycles. The molecule has 0 radical (unpaired) electrons. The number of hydrogen-bond donors (Lipinski definition) is 3. The van der Waals surface area contributed by atoms with Gasteiger partial charge in [0, 0.05) is 12.7 Å². The van der Waals surface area contributed by atoms with Gasteiger partial charge >= 0.3 is 0 Å². The van der Waals surface area contributed by atoms with Gasteiger partial charge in [-0.1, -0.05) is 29.8 Å². The van der Waals surface area contributed by atoms with Gasteiger partial charge in [0.2, 0.25) is 10.0 Å². The first-order chi connectivity index (χ1) is 9.53. The zero-order valence-electron chi connectivity index (χ0n) is 11.0. The van der Waals surface area contributed by atoms with Gasteiger partial charge in [-0.05, 0) is 24.6 Å². The first-order valence-electron chi connectivity index (χ1n) is 6.00. The van der Waals surface area contributed by atoms with E-state index in [1.54, 1.807) is 6.07 Å². The normalized spacial score (nSPS) is 11.3. The van der Waals surface area contributed by atoms with Crippen molar-refractivity contribution < 1.29 is 8.42 Å². The lowest BCUT2D eigenvalue weighted by atomic mass is 10.2. The number of nitrogen functional groups attached to an aromatic ring is 1. The lowest BCUT2D eigenvalue weighted by molar-refractivity contribution is 0.581. The molecule has 2 rings (SSSR count). The zero-order valence-corrected chi connectivity index (χ0v) is 11.8. The van der Waals surface area contributed by atoms with Gasteiger partial charge in [-0.25, -0.2) is 24.0 Å². The maximum Gasteiger partial charge on any atom is 0.244 e. The molecule has 6 nitrogen and oxygen atoms in total. The minimum absolute atomic E-state index is 0.0228. The highest BCUT2D eigenvalue weighted by Gasteiger charge is 2.18. The fraction of sp³-hybridized carbons (Fsp3) is 0.154. The molecule has 1 aromatic carbocycles. The van der Waals surface area contributed by atoms with Crippen molar-refractivity contribution in [1.82, 2.24) is 9.71 Å². The molecule has 0 aliphatic rings. The lowest BCUT2D eigenvalue weighted by Gasteiger charge is -2.10. The second-order valence-corrected chi connectivity index (χ2v) is 6.04. The molecule has 1 aromatic heterocycles. The van der Waals surface area contributed by atoms with Gasteiger partial charge in [0.15, 0.2) is 5.82 Å². The molecular weight excluding hydrogens is 276 g/mol. The smallest absolute Gasteiger partial charge is 0.244 e. The number of sulfonamides is 1. The van der Waals surface area contributed by atoms with Crippen LogP contribution in [0.3, 0.4) is 0 Å². The van der Waals surface area contributed by atoms with Crippen LogP contribution in [-0.2, 0) is 16.6 Å². The van der Waals surface area contributed by atoms with Crippen LogP contribution in [-0.4, -0.2) is 13.4 Å². The van der Waals surface area contributed by atoms with E-state index in [0.29, 0.717) is 0 Å². The third-order valence-corrected chi connectivity index (χ3v) is 4.22. The number of nitrogens with one attached hydrogen (secondary N) is 2.